The van der Waals surface area contributed by atoms with E-state index < -0.39 is 16.1 Å². The van der Waals surface area contributed by atoms with E-state index in [1.165, 1.54) is 12.4 Å². The lowest BCUT2D eigenvalue weighted by Gasteiger charge is -2.21. The molecule has 0 radical (unpaired) electrons. The summed E-state index contributed by atoms with van der Waals surface area (Å²) in [5.74, 6) is -0.218. The number of aromatic nitrogens is 3. The van der Waals surface area contributed by atoms with Crippen molar-refractivity contribution in [1.82, 2.24) is 24.8 Å². The van der Waals surface area contributed by atoms with Crippen molar-refractivity contribution in [3.63, 3.8) is 0 Å². The zero-order valence-electron chi connectivity index (χ0n) is 17.9. The third-order valence-corrected chi connectivity index (χ3v) is 6.66. The van der Waals surface area contributed by atoms with Gasteiger partial charge >= 0.3 is 0 Å². The van der Waals surface area contributed by atoms with Gasteiger partial charge in [0.2, 0.25) is 5.91 Å². The van der Waals surface area contributed by atoms with E-state index in [1.54, 1.807) is 29.2 Å². The minimum absolute atomic E-state index is 0.137. The summed E-state index contributed by atoms with van der Waals surface area (Å²) in [7, 11) is -3.66. The second kappa shape index (κ2) is 8.54. The van der Waals surface area contributed by atoms with Crippen LogP contribution in [0.2, 0.25) is 0 Å². The van der Waals surface area contributed by atoms with E-state index in [-0.39, 0.29) is 28.6 Å². The first-order valence-corrected chi connectivity index (χ1v) is 11.7. The Morgan fingerprint density at radius 1 is 1.09 bits per heavy atom. The zero-order chi connectivity index (χ0) is 22.9. The molecule has 0 spiro atoms. The molecule has 32 heavy (non-hydrogen) atoms. The van der Waals surface area contributed by atoms with Crippen LogP contribution in [0, 0.1) is 5.92 Å². The topological polar surface area (TPSA) is 118 Å². The van der Waals surface area contributed by atoms with Gasteiger partial charge in [0.25, 0.3) is 10.0 Å². The van der Waals surface area contributed by atoms with E-state index in [4.69, 9.17) is 0 Å². The largest absolute Gasteiger partial charge is 0.348 e. The van der Waals surface area contributed by atoms with Crippen molar-refractivity contribution < 1.29 is 13.2 Å². The summed E-state index contributed by atoms with van der Waals surface area (Å²) < 4.78 is 28.8. The molecule has 0 saturated carbocycles. The third kappa shape index (κ3) is 4.26. The number of carbonyl (C=O) groups excluding carboxylic acids is 1. The number of aliphatic imine (C=N–C) groups is 1. The van der Waals surface area contributed by atoms with Gasteiger partial charge in [-0.25, -0.2) is 18.1 Å². The number of carbonyl (C=O) groups is 1. The van der Waals surface area contributed by atoms with Crippen LogP contribution in [0.15, 0.2) is 71.1 Å². The molecule has 2 atom stereocenters. The molecule has 1 aromatic heterocycles. The van der Waals surface area contributed by atoms with Crippen molar-refractivity contribution >= 4 is 21.8 Å². The van der Waals surface area contributed by atoms with E-state index in [2.05, 4.69) is 25.1 Å². The number of hydrogen-bond acceptors (Lipinski definition) is 6. The molecule has 1 unspecified atom stereocenters. The van der Waals surface area contributed by atoms with E-state index >= 15 is 0 Å². The van der Waals surface area contributed by atoms with Crippen molar-refractivity contribution in [3.05, 3.63) is 72.3 Å². The number of benzene rings is 2. The van der Waals surface area contributed by atoms with Gasteiger partial charge in [-0.15, -0.1) is 0 Å². The number of nitrogens with zero attached hydrogens (tertiary/aromatic N) is 4. The smallest absolute Gasteiger partial charge is 0.263 e. The molecule has 2 heterocycles. The third-order valence-electron chi connectivity index (χ3n) is 5.27. The fourth-order valence-corrected chi connectivity index (χ4v) is 4.76. The molecule has 1 aliphatic rings. The molecule has 1 amide bonds. The lowest BCUT2D eigenvalue weighted by atomic mass is 10.0. The summed E-state index contributed by atoms with van der Waals surface area (Å²) in [4.78, 5) is 21.7. The normalized spacial score (nSPS) is 17.6. The maximum Gasteiger partial charge on any atom is 0.263 e. The van der Waals surface area contributed by atoms with Crippen LogP contribution in [0.3, 0.4) is 0 Å². The molecule has 2 aromatic carbocycles. The van der Waals surface area contributed by atoms with E-state index in [1.807, 2.05) is 45.0 Å². The molecule has 166 valence electrons. The molecular weight excluding hydrogens is 428 g/mol. The summed E-state index contributed by atoms with van der Waals surface area (Å²) in [5.41, 5.74) is 2.26. The Bertz CT molecular complexity index is 1250. The van der Waals surface area contributed by atoms with Crippen LogP contribution in [0.5, 0.6) is 0 Å². The van der Waals surface area contributed by atoms with Crippen LogP contribution in [0.4, 0.5) is 0 Å². The fourth-order valence-electron chi connectivity index (χ4n) is 3.52. The van der Waals surface area contributed by atoms with Gasteiger partial charge < -0.3 is 5.32 Å². The van der Waals surface area contributed by atoms with Gasteiger partial charge in [-0.05, 0) is 42.7 Å². The minimum Gasteiger partial charge on any atom is -0.348 e. The minimum atomic E-state index is -3.66. The molecule has 4 rings (SSSR count). The maximum absolute atomic E-state index is 13.1. The zero-order valence-corrected chi connectivity index (χ0v) is 18.7. The van der Waals surface area contributed by atoms with E-state index in [0.29, 0.717) is 5.56 Å². The van der Waals surface area contributed by atoms with Crippen molar-refractivity contribution in [3.8, 4) is 5.69 Å². The summed E-state index contributed by atoms with van der Waals surface area (Å²) in [6.07, 6.45) is 3.08. The van der Waals surface area contributed by atoms with Gasteiger partial charge in [0.1, 0.15) is 24.5 Å². The number of fused-ring (bicyclic) bond motifs is 1. The Kier molecular flexibility index (Phi) is 5.79. The number of nitrogens with one attached hydrogen (secondary N) is 2. The van der Waals surface area contributed by atoms with Crippen molar-refractivity contribution in [1.29, 1.82) is 0 Å². The van der Waals surface area contributed by atoms with Crippen LogP contribution in [0.25, 0.3) is 5.69 Å². The summed E-state index contributed by atoms with van der Waals surface area (Å²) >= 11 is 0. The summed E-state index contributed by atoms with van der Waals surface area (Å²) in [6, 6.07) is 13.2. The molecule has 0 bridgehead atoms. The monoisotopic (exact) mass is 452 g/mol. The SMILES string of the molecule is CC(NC(=O)[C@@H](N=C1NS(=O)(=O)c2ccccc21)C(C)C)c1ccc(-n2cncn2)cc1. The average Bonchev–Trinajstić information content (AvgIpc) is 3.39. The Morgan fingerprint density at radius 3 is 2.47 bits per heavy atom. The lowest BCUT2D eigenvalue weighted by molar-refractivity contribution is -0.123. The Balaban J connectivity index is 1.53. The second-order valence-corrected chi connectivity index (χ2v) is 9.58. The highest BCUT2D eigenvalue weighted by molar-refractivity contribution is 7.90. The van der Waals surface area contributed by atoms with Gasteiger partial charge in [0, 0.05) is 5.56 Å². The molecule has 0 aliphatic carbocycles. The number of hydrogen-bond donors (Lipinski definition) is 2. The van der Waals surface area contributed by atoms with E-state index in [9.17, 15) is 13.2 Å². The van der Waals surface area contributed by atoms with Crippen molar-refractivity contribution in [2.24, 2.45) is 10.9 Å². The van der Waals surface area contributed by atoms with E-state index in [0.717, 1.165) is 11.3 Å². The van der Waals surface area contributed by atoms with Crippen molar-refractivity contribution in [2.45, 2.75) is 37.8 Å². The van der Waals surface area contributed by atoms with Gasteiger partial charge in [-0.2, -0.15) is 5.10 Å². The average molecular weight is 453 g/mol. The van der Waals surface area contributed by atoms with Gasteiger partial charge in [-0.1, -0.05) is 38.1 Å². The number of amidine groups is 1. The molecule has 9 nitrogen and oxygen atoms in total. The number of amides is 1. The molecule has 3 aromatic rings. The van der Waals surface area contributed by atoms with Crippen LogP contribution >= 0.6 is 0 Å². The summed E-state index contributed by atoms with van der Waals surface area (Å²) in [5, 5.41) is 7.09. The Morgan fingerprint density at radius 2 is 1.81 bits per heavy atom. The summed E-state index contributed by atoms with van der Waals surface area (Å²) in [6.45, 7) is 5.64. The predicted molar refractivity (Wildman–Crippen MR) is 120 cm³/mol. The first-order chi connectivity index (χ1) is 15.3. The Hall–Kier alpha value is -3.53. The molecule has 10 heteroatoms. The predicted octanol–water partition coefficient (Wildman–Crippen LogP) is 2.21. The first-order valence-electron chi connectivity index (χ1n) is 10.2. The quantitative estimate of drug-likeness (QED) is 0.594. The highest BCUT2D eigenvalue weighted by atomic mass is 32.2. The molecule has 0 saturated heterocycles. The van der Waals surface area contributed by atoms with Gasteiger partial charge in [0.05, 0.1) is 16.6 Å². The second-order valence-electron chi connectivity index (χ2n) is 7.93. The van der Waals surface area contributed by atoms with Crippen LogP contribution in [-0.2, 0) is 14.8 Å². The first kappa shape index (κ1) is 21.7. The fraction of sp³-hybridized carbons (Fsp3) is 0.273. The van der Waals surface area contributed by atoms with Crippen LogP contribution < -0.4 is 10.0 Å². The number of sulfonamides is 1. The molecular formula is C22H24N6O3S. The molecule has 2 N–H and O–H groups in total. The van der Waals surface area contributed by atoms with Crippen LogP contribution in [0.1, 0.15) is 37.9 Å². The van der Waals surface area contributed by atoms with Crippen molar-refractivity contribution in [2.75, 3.05) is 0 Å². The molecule has 0 fully saturated rings. The highest BCUT2D eigenvalue weighted by Crippen LogP contribution is 2.24. The molecule has 1 aliphatic heterocycles. The Labute approximate surface area is 186 Å². The maximum atomic E-state index is 13.1. The lowest BCUT2D eigenvalue weighted by Crippen LogP contribution is -2.39. The number of rotatable bonds is 6. The highest BCUT2D eigenvalue weighted by Gasteiger charge is 2.32. The van der Waals surface area contributed by atoms with Crippen LogP contribution in [-0.4, -0.2) is 41.0 Å². The van der Waals surface area contributed by atoms with Gasteiger partial charge in [-0.3, -0.25) is 14.5 Å². The van der Waals surface area contributed by atoms with Gasteiger partial charge in [0.15, 0.2) is 0 Å². The standard InChI is InChI=1S/C22H24N6O3S/c1-14(2)20(26-21-18-6-4-5-7-19(18)32(30,31)27-21)22(29)25-15(3)16-8-10-17(11-9-16)28-13-23-12-24-28/h4-15,20H,1-3H3,(H,25,29)(H,26,27)/t15?,20-/m0/s1.